The van der Waals surface area contributed by atoms with Crippen LogP contribution in [-0.2, 0) is 0 Å². The first-order valence-corrected chi connectivity index (χ1v) is 4.18. The average molecular weight is 191 g/mol. The van der Waals surface area contributed by atoms with Crippen LogP contribution in [0.25, 0.3) is 0 Å². The highest BCUT2D eigenvalue weighted by Gasteiger charge is 1.95. The highest BCUT2D eigenvalue weighted by atomic mass is 32.1. The smallest absolute Gasteiger partial charge is 0.262 e. The zero-order valence-electron chi connectivity index (χ0n) is 6.99. The van der Waals surface area contributed by atoms with Crippen molar-refractivity contribution in [3.63, 3.8) is 0 Å². The molecular weight excluding hydrogens is 182 g/mol. The van der Waals surface area contributed by atoms with Gasteiger partial charge in [-0.15, -0.1) is 6.42 Å². The van der Waals surface area contributed by atoms with E-state index in [0.29, 0.717) is 17.5 Å². The largest absolute Gasteiger partial charge is 0.432 e. The molecule has 0 saturated carbocycles. The second-order valence-corrected chi connectivity index (χ2v) is 2.63. The summed E-state index contributed by atoms with van der Waals surface area (Å²) in [5.41, 5.74) is 0. The van der Waals surface area contributed by atoms with Gasteiger partial charge in [-0.1, -0.05) is 24.1 Å². The molecule has 0 atom stereocenters. The van der Waals surface area contributed by atoms with Crippen LogP contribution in [0.5, 0.6) is 5.75 Å². The first-order chi connectivity index (χ1) is 6.33. The summed E-state index contributed by atoms with van der Waals surface area (Å²) in [4.78, 5) is 0. The normalized spacial score (nSPS) is 8.54. The fourth-order valence-electron chi connectivity index (χ4n) is 0.755. The Bertz CT molecular complexity index is 315. The minimum atomic E-state index is 0.296. The van der Waals surface area contributed by atoms with Gasteiger partial charge in [-0.3, -0.25) is 0 Å². The zero-order chi connectivity index (χ0) is 9.52. The summed E-state index contributed by atoms with van der Waals surface area (Å²) >= 11 is 4.87. The van der Waals surface area contributed by atoms with Gasteiger partial charge >= 0.3 is 0 Å². The summed E-state index contributed by atoms with van der Waals surface area (Å²) in [6.45, 7) is 0.381. The van der Waals surface area contributed by atoms with Gasteiger partial charge in [0.05, 0.1) is 6.54 Å². The van der Waals surface area contributed by atoms with E-state index in [-0.39, 0.29) is 0 Å². The predicted octanol–water partition coefficient (Wildman–Crippen LogP) is 1.57. The third-order valence-corrected chi connectivity index (χ3v) is 1.52. The lowest BCUT2D eigenvalue weighted by Gasteiger charge is -2.06. The van der Waals surface area contributed by atoms with Gasteiger partial charge in [0, 0.05) is 0 Å². The molecule has 0 radical (unpaired) electrons. The Kier molecular flexibility index (Phi) is 3.80. The van der Waals surface area contributed by atoms with E-state index in [9.17, 15) is 0 Å². The predicted molar refractivity (Wildman–Crippen MR) is 56.5 cm³/mol. The summed E-state index contributed by atoms with van der Waals surface area (Å²) in [6, 6.07) is 9.30. The first-order valence-electron chi connectivity index (χ1n) is 3.77. The average Bonchev–Trinajstić information content (AvgIpc) is 2.16. The molecule has 2 nitrogen and oxygen atoms in total. The number of benzene rings is 1. The Balaban J connectivity index is 2.42. The lowest BCUT2D eigenvalue weighted by Crippen LogP contribution is -2.26. The van der Waals surface area contributed by atoms with Crippen LogP contribution in [0.3, 0.4) is 0 Å². The van der Waals surface area contributed by atoms with E-state index in [1.807, 2.05) is 30.3 Å². The summed E-state index contributed by atoms with van der Waals surface area (Å²) in [6.07, 6.45) is 5.04. The Morgan fingerprint density at radius 2 is 2.15 bits per heavy atom. The van der Waals surface area contributed by atoms with E-state index in [1.54, 1.807) is 0 Å². The molecule has 1 aromatic carbocycles. The standard InChI is InChI=1S/C10H9NOS/c1-2-8-11-10(13)12-9-6-4-3-5-7-9/h1,3-7H,8H2,(H,11,13). The van der Waals surface area contributed by atoms with Crippen molar-refractivity contribution < 1.29 is 4.74 Å². The number of hydrogen-bond donors (Lipinski definition) is 1. The molecular formula is C10H9NOS. The molecule has 0 aromatic heterocycles. The Morgan fingerprint density at radius 3 is 2.77 bits per heavy atom. The minimum absolute atomic E-state index is 0.296. The van der Waals surface area contributed by atoms with Crippen molar-refractivity contribution in [2.75, 3.05) is 6.54 Å². The van der Waals surface area contributed by atoms with Crippen LogP contribution in [0, 0.1) is 12.3 Å². The molecule has 66 valence electrons. The fraction of sp³-hybridized carbons (Fsp3) is 0.100. The molecule has 0 bridgehead atoms. The first kappa shape index (κ1) is 9.56. The molecule has 0 saturated heterocycles. The van der Waals surface area contributed by atoms with Gasteiger partial charge in [0.25, 0.3) is 5.17 Å². The Hall–Kier alpha value is -1.53. The number of thiocarbonyl (C=S) groups is 1. The van der Waals surface area contributed by atoms with Crippen molar-refractivity contribution in [1.82, 2.24) is 5.32 Å². The molecule has 0 aliphatic rings. The number of para-hydroxylation sites is 1. The second-order valence-electron chi connectivity index (χ2n) is 2.26. The molecule has 0 unspecified atom stereocenters. The monoisotopic (exact) mass is 191 g/mol. The van der Waals surface area contributed by atoms with Crippen molar-refractivity contribution in [2.45, 2.75) is 0 Å². The van der Waals surface area contributed by atoms with Crippen LogP contribution >= 0.6 is 12.2 Å². The van der Waals surface area contributed by atoms with Gasteiger partial charge in [0.15, 0.2) is 0 Å². The third-order valence-electron chi connectivity index (χ3n) is 1.29. The second kappa shape index (κ2) is 5.18. The van der Waals surface area contributed by atoms with Gasteiger partial charge in [0.2, 0.25) is 0 Å². The molecule has 0 heterocycles. The molecule has 0 aliphatic carbocycles. The van der Waals surface area contributed by atoms with Gasteiger partial charge in [0.1, 0.15) is 5.75 Å². The van der Waals surface area contributed by atoms with Gasteiger partial charge in [-0.05, 0) is 24.4 Å². The van der Waals surface area contributed by atoms with Crippen molar-refractivity contribution in [3.05, 3.63) is 30.3 Å². The highest BCUT2D eigenvalue weighted by molar-refractivity contribution is 7.80. The SMILES string of the molecule is C#CCNC(=S)Oc1ccccc1. The lowest BCUT2D eigenvalue weighted by molar-refractivity contribution is 0.538. The quantitative estimate of drug-likeness (QED) is 0.566. The number of nitrogens with one attached hydrogen (secondary N) is 1. The van der Waals surface area contributed by atoms with Crippen molar-refractivity contribution in [3.8, 4) is 18.1 Å². The van der Waals surface area contributed by atoms with Gasteiger partial charge < -0.3 is 10.1 Å². The maximum absolute atomic E-state index is 5.24. The maximum Gasteiger partial charge on any atom is 0.262 e. The molecule has 0 spiro atoms. The van der Waals surface area contributed by atoms with Crippen molar-refractivity contribution >= 4 is 17.4 Å². The topological polar surface area (TPSA) is 21.3 Å². The molecule has 0 aliphatic heterocycles. The third kappa shape index (κ3) is 3.59. The van der Waals surface area contributed by atoms with E-state index in [2.05, 4.69) is 11.2 Å². The molecule has 1 rings (SSSR count). The van der Waals surface area contributed by atoms with Crippen LogP contribution in [-0.4, -0.2) is 11.7 Å². The molecule has 1 N–H and O–H groups in total. The van der Waals surface area contributed by atoms with Gasteiger partial charge in [-0.2, -0.15) is 0 Å². The van der Waals surface area contributed by atoms with Crippen molar-refractivity contribution in [1.29, 1.82) is 0 Å². The summed E-state index contributed by atoms with van der Waals surface area (Å²) < 4.78 is 5.24. The number of terminal acetylenes is 1. The van der Waals surface area contributed by atoms with Gasteiger partial charge in [-0.25, -0.2) is 0 Å². The Labute approximate surface area is 82.9 Å². The van der Waals surface area contributed by atoms with E-state index in [1.165, 1.54) is 0 Å². The van der Waals surface area contributed by atoms with Crippen LogP contribution in [0.15, 0.2) is 30.3 Å². The summed E-state index contributed by atoms with van der Waals surface area (Å²) in [7, 11) is 0. The van der Waals surface area contributed by atoms with Crippen LogP contribution < -0.4 is 10.1 Å². The van der Waals surface area contributed by atoms with E-state index in [0.717, 1.165) is 0 Å². The fourth-order valence-corrected chi connectivity index (χ4v) is 0.923. The van der Waals surface area contributed by atoms with E-state index in [4.69, 9.17) is 23.4 Å². The molecule has 3 heteroatoms. The van der Waals surface area contributed by atoms with Crippen LogP contribution in [0.2, 0.25) is 0 Å². The highest BCUT2D eigenvalue weighted by Crippen LogP contribution is 2.07. The summed E-state index contributed by atoms with van der Waals surface area (Å²) in [5, 5.41) is 3.05. The summed E-state index contributed by atoms with van der Waals surface area (Å²) in [5.74, 6) is 3.11. The van der Waals surface area contributed by atoms with Crippen molar-refractivity contribution in [2.24, 2.45) is 0 Å². The maximum atomic E-state index is 5.24. The number of hydrogen-bond acceptors (Lipinski definition) is 2. The zero-order valence-corrected chi connectivity index (χ0v) is 7.80. The number of ether oxygens (including phenoxy) is 1. The van der Waals surface area contributed by atoms with E-state index < -0.39 is 0 Å². The lowest BCUT2D eigenvalue weighted by atomic mass is 10.3. The molecule has 0 amide bonds. The molecule has 1 aromatic rings. The number of rotatable bonds is 2. The molecule has 0 fully saturated rings. The van der Waals surface area contributed by atoms with E-state index >= 15 is 0 Å². The molecule has 13 heavy (non-hydrogen) atoms. The van der Waals surface area contributed by atoms with Crippen LogP contribution in [0.1, 0.15) is 0 Å². The Morgan fingerprint density at radius 1 is 1.46 bits per heavy atom. The minimum Gasteiger partial charge on any atom is -0.432 e. The van der Waals surface area contributed by atoms with Crippen LogP contribution in [0.4, 0.5) is 0 Å².